The van der Waals surface area contributed by atoms with Crippen LogP contribution in [0.2, 0.25) is 0 Å². The van der Waals surface area contributed by atoms with Crippen LogP contribution in [0.3, 0.4) is 0 Å². The fourth-order valence-electron chi connectivity index (χ4n) is 2.06. The van der Waals surface area contributed by atoms with Gasteiger partial charge >= 0.3 is 0 Å². The van der Waals surface area contributed by atoms with E-state index in [4.69, 9.17) is 4.74 Å². The van der Waals surface area contributed by atoms with Gasteiger partial charge in [0.1, 0.15) is 5.82 Å². The summed E-state index contributed by atoms with van der Waals surface area (Å²) in [5, 5.41) is 5.38. The maximum absolute atomic E-state index is 13.9. The molecular formula is C16H20FNOS. The molecule has 0 atom stereocenters. The van der Waals surface area contributed by atoms with Gasteiger partial charge in [-0.15, -0.1) is 11.3 Å². The Bertz CT molecular complexity index is 552. The van der Waals surface area contributed by atoms with E-state index < -0.39 is 0 Å². The number of thiophene rings is 1. The van der Waals surface area contributed by atoms with Crippen LogP contribution in [-0.4, -0.2) is 19.3 Å². The summed E-state index contributed by atoms with van der Waals surface area (Å²) in [6, 6.07) is 9.15. The van der Waals surface area contributed by atoms with Gasteiger partial charge in [-0.3, -0.25) is 0 Å². The second kappa shape index (κ2) is 6.48. The normalized spacial score (nSPS) is 11.8. The molecule has 2 nitrogen and oxygen atoms in total. The third-order valence-electron chi connectivity index (χ3n) is 3.09. The fraction of sp³-hybridized carbons (Fsp3) is 0.375. The molecule has 2 rings (SSSR count). The minimum atomic E-state index is -0.174. The van der Waals surface area contributed by atoms with Gasteiger partial charge in [0, 0.05) is 29.6 Å². The molecule has 0 aliphatic carbocycles. The molecule has 20 heavy (non-hydrogen) atoms. The Morgan fingerprint density at radius 1 is 1.30 bits per heavy atom. The first kappa shape index (κ1) is 15.2. The quantitative estimate of drug-likeness (QED) is 0.867. The highest BCUT2D eigenvalue weighted by Gasteiger charge is 2.16. The number of nitrogens with one attached hydrogen (secondary N) is 1. The average molecular weight is 293 g/mol. The van der Waals surface area contributed by atoms with Gasteiger partial charge in [-0.05, 0) is 43.0 Å². The summed E-state index contributed by atoms with van der Waals surface area (Å²) >= 11 is 1.55. The van der Waals surface area contributed by atoms with Gasteiger partial charge in [-0.2, -0.15) is 0 Å². The second-order valence-electron chi connectivity index (χ2n) is 5.46. The standard InChI is InChI=1S/C16H20FNOS/c1-16(2,11-19-3)18-10-12-6-7-14(17)13(9-12)15-5-4-8-20-15/h4-9,18H,10-11H2,1-3H3. The molecule has 0 unspecified atom stereocenters. The zero-order valence-corrected chi connectivity index (χ0v) is 12.9. The van der Waals surface area contributed by atoms with Crippen molar-refractivity contribution < 1.29 is 9.13 Å². The van der Waals surface area contributed by atoms with Gasteiger partial charge in [-0.1, -0.05) is 12.1 Å². The van der Waals surface area contributed by atoms with E-state index in [0.717, 1.165) is 10.4 Å². The lowest BCUT2D eigenvalue weighted by atomic mass is 10.0. The Hall–Kier alpha value is -1.23. The lowest BCUT2D eigenvalue weighted by molar-refractivity contribution is 0.128. The Kier molecular flexibility index (Phi) is 4.91. The van der Waals surface area contributed by atoms with Crippen molar-refractivity contribution in [2.75, 3.05) is 13.7 Å². The lowest BCUT2D eigenvalue weighted by Crippen LogP contribution is -2.42. The van der Waals surface area contributed by atoms with Crippen LogP contribution in [0.25, 0.3) is 10.4 Å². The van der Waals surface area contributed by atoms with Gasteiger partial charge in [0.2, 0.25) is 0 Å². The van der Waals surface area contributed by atoms with Gasteiger partial charge < -0.3 is 10.1 Å². The fourth-order valence-corrected chi connectivity index (χ4v) is 2.80. The Labute approximate surface area is 123 Å². The SMILES string of the molecule is COCC(C)(C)NCc1ccc(F)c(-c2cccs2)c1. The lowest BCUT2D eigenvalue weighted by Gasteiger charge is -2.25. The topological polar surface area (TPSA) is 21.3 Å². The van der Waals surface area contributed by atoms with Gasteiger partial charge in [0.15, 0.2) is 0 Å². The highest BCUT2D eigenvalue weighted by atomic mass is 32.1. The number of ether oxygens (including phenoxy) is 1. The number of benzene rings is 1. The maximum atomic E-state index is 13.9. The van der Waals surface area contributed by atoms with E-state index in [1.54, 1.807) is 18.4 Å². The molecule has 1 N–H and O–H groups in total. The summed E-state index contributed by atoms with van der Waals surface area (Å²) in [7, 11) is 1.69. The van der Waals surface area contributed by atoms with Crippen LogP contribution in [0.1, 0.15) is 19.4 Å². The molecule has 108 valence electrons. The van der Waals surface area contributed by atoms with Crippen LogP contribution in [0.15, 0.2) is 35.7 Å². The van der Waals surface area contributed by atoms with Crippen LogP contribution in [0.5, 0.6) is 0 Å². The third-order valence-corrected chi connectivity index (χ3v) is 4.00. The van der Waals surface area contributed by atoms with Crippen LogP contribution in [0, 0.1) is 5.82 Å². The van der Waals surface area contributed by atoms with Crippen LogP contribution in [0.4, 0.5) is 4.39 Å². The van der Waals surface area contributed by atoms with E-state index in [2.05, 4.69) is 19.2 Å². The van der Waals surface area contributed by atoms with Crippen molar-refractivity contribution in [2.24, 2.45) is 0 Å². The van der Waals surface area contributed by atoms with E-state index in [-0.39, 0.29) is 11.4 Å². The third kappa shape index (κ3) is 3.88. The molecule has 0 saturated carbocycles. The highest BCUT2D eigenvalue weighted by Crippen LogP contribution is 2.28. The van der Waals surface area contributed by atoms with E-state index in [1.165, 1.54) is 6.07 Å². The van der Waals surface area contributed by atoms with E-state index in [0.29, 0.717) is 18.7 Å². The first-order chi connectivity index (χ1) is 9.52. The number of halogens is 1. The van der Waals surface area contributed by atoms with Crippen molar-refractivity contribution in [2.45, 2.75) is 25.9 Å². The summed E-state index contributed by atoms with van der Waals surface area (Å²) in [4.78, 5) is 0.959. The zero-order valence-electron chi connectivity index (χ0n) is 12.1. The maximum Gasteiger partial charge on any atom is 0.131 e. The van der Waals surface area contributed by atoms with Crippen molar-refractivity contribution in [3.8, 4) is 10.4 Å². The molecule has 1 aromatic carbocycles. The Morgan fingerprint density at radius 3 is 2.75 bits per heavy atom. The number of methoxy groups -OCH3 is 1. The molecule has 1 heterocycles. The molecule has 4 heteroatoms. The second-order valence-corrected chi connectivity index (χ2v) is 6.41. The first-order valence-corrected chi connectivity index (χ1v) is 7.46. The van der Waals surface area contributed by atoms with Crippen molar-refractivity contribution in [3.63, 3.8) is 0 Å². The van der Waals surface area contributed by atoms with Crippen molar-refractivity contribution in [1.82, 2.24) is 5.32 Å². The smallest absolute Gasteiger partial charge is 0.131 e. The summed E-state index contributed by atoms with van der Waals surface area (Å²) in [6.07, 6.45) is 0. The van der Waals surface area contributed by atoms with Crippen molar-refractivity contribution in [3.05, 3.63) is 47.1 Å². The predicted molar refractivity (Wildman–Crippen MR) is 82.5 cm³/mol. The monoisotopic (exact) mass is 293 g/mol. The molecule has 0 bridgehead atoms. The van der Waals surface area contributed by atoms with Crippen LogP contribution < -0.4 is 5.32 Å². The van der Waals surface area contributed by atoms with Crippen LogP contribution in [-0.2, 0) is 11.3 Å². The van der Waals surface area contributed by atoms with E-state index >= 15 is 0 Å². The minimum Gasteiger partial charge on any atom is -0.383 e. The molecule has 0 aliphatic heterocycles. The highest BCUT2D eigenvalue weighted by molar-refractivity contribution is 7.13. The summed E-state index contributed by atoms with van der Waals surface area (Å²) in [6.45, 7) is 5.49. The van der Waals surface area contributed by atoms with E-state index in [1.807, 2.05) is 29.6 Å². The van der Waals surface area contributed by atoms with Gasteiger partial charge in [0.05, 0.1) is 6.61 Å². The molecule has 0 fully saturated rings. The average Bonchev–Trinajstić information content (AvgIpc) is 2.91. The van der Waals surface area contributed by atoms with Gasteiger partial charge in [-0.25, -0.2) is 4.39 Å². The molecule has 0 saturated heterocycles. The first-order valence-electron chi connectivity index (χ1n) is 6.58. The number of hydrogen-bond donors (Lipinski definition) is 1. The summed E-state index contributed by atoms with van der Waals surface area (Å²) in [5.74, 6) is -0.174. The molecule has 0 spiro atoms. The molecule has 1 aromatic heterocycles. The summed E-state index contributed by atoms with van der Waals surface area (Å²) in [5.41, 5.74) is 1.63. The molecule has 0 amide bonds. The summed E-state index contributed by atoms with van der Waals surface area (Å²) < 4.78 is 19.1. The molecule has 0 aliphatic rings. The molecular weight excluding hydrogens is 273 g/mol. The number of rotatable bonds is 6. The molecule has 0 radical (unpaired) electrons. The number of hydrogen-bond acceptors (Lipinski definition) is 3. The largest absolute Gasteiger partial charge is 0.383 e. The minimum absolute atomic E-state index is 0.105. The molecule has 2 aromatic rings. The van der Waals surface area contributed by atoms with Crippen molar-refractivity contribution >= 4 is 11.3 Å². The zero-order chi connectivity index (χ0) is 14.6. The van der Waals surface area contributed by atoms with Crippen LogP contribution >= 0.6 is 11.3 Å². The van der Waals surface area contributed by atoms with E-state index in [9.17, 15) is 4.39 Å². The Balaban J connectivity index is 2.12. The van der Waals surface area contributed by atoms with Crippen molar-refractivity contribution in [1.29, 1.82) is 0 Å². The van der Waals surface area contributed by atoms with Gasteiger partial charge in [0.25, 0.3) is 0 Å². The predicted octanol–water partition coefficient (Wildman–Crippen LogP) is 4.07. The Morgan fingerprint density at radius 2 is 2.10 bits per heavy atom.